The summed E-state index contributed by atoms with van der Waals surface area (Å²) in [4.78, 5) is 10.4. The number of hydrogen-bond donors (Lipinski definition) is 0. The Kier molecular flexibility index (Phi) is 10.7. The van der Waals surface area contributed by atoms with Crippen molar-refractivity contribution in [3.05, 3.63) is 12.2 Å². The predicted molar refractivity (Wildman–Crippen MR) is 63.8 cm³/mol. The largest absolute Gasteiger partial charge is 0.466 e. The smallest absolute Gasteiger partial charge is 0.302 e. The first kappa shape index (κ1) is 14.2. The Morgan fingerprint density at radius 1 is 1.07 bits per heavy atom. The van der Waals surface area contributed by atoms with Crippen molar-refractivity contribution >= 4 is 5.97 Å². The van der Waals surface area contributed by atoms with Crippen LogP contribution in [0.15, 0.2) is 12.2 Å². The quantitative estimate of drug-likeness (QED) is 0.329. The first-order chi connectivity index (χ1) is 7.27. The number of unbranched alkanes of at least 4 members (excludes halogenated alkanes) is 5. The minimum atomic E-state index is -0.182. The van der Waals surface area contributed by atoms with E-state index in [-0.39, 0.29) is 5.97 Å². The SMILES string of the molecule is CCCCCC/C=C\CCCOC(C)=O. The fourth-order valence-corrected chi connectivity index (χ4v) is 1.34. The van der Waals surface area contributed by atoms with Crippen LogP contribution < -0.4 is 0 Å². The molecule has 88 valence electrons. The fourth-order valence-electron chi connectivity index (χ4n) is 1.34. The van der Waals surface area contributed by atoms with E-state index < -0.39 is 0 Å². The van der Waals surface area contributed by atoms with Crippen molar-refractivity contribution in [2.75, 3.05) is 6.61 Å². The van der Waals surface area contributed by atoms with Gasteiger partial charge >= 0.3 is 5.97 Å². The topological polar surface area (TPSA) is 26.3 Å². The summed E-state index contributed by atoms with van der Waals surface area (Å²) in [6.45, 7) is 4.23. The fraction of sp³-hybridized carbons (Fsp3) is 0.769. The van der Waals surface area contributed by atoms with Crippen molar-refractivity contribution < 1.29 is 9.53 Å². The number of esters is 1. The third-order valence-electron chi connectivity index (χ3n) is 2.21. The number of carbonyl (C=O) groups excluding carboxylic acids is 1. The van der Waals surface area contributed by atoms with Crippen molar-refractivity contribution in [2.45, 2.75) is 58.8 Å². The van der Waals surface area contributed by atoms with Gasteiger partial charge in [0, 0.05) is 6.92 Å². The summed E-state index contributed by atoms with van der Waals surface area (Å²) < 4.78 is 4.83. The highest BCUT2D eigenvalue weighted by Crippen LogP contribution is 2.03. The Morgan fingerprint density at radius 2 is 1.73 bits per heavy atom. The molecule has 0 rings (SSSR count). The summed E-state index contributed by atoms with van der Waals surface area (Å²) in [6, 6.07) is 0. The number of hydrogen-bond acceptors (Lipinski definition) is 2. The van der Waals surface area contributed by atoms with Crippen molar-refractivity contribution in [1.29, 1.82) is 0 Å². The lowest BCUT2D eigenvalue weighted by molar-refractivity contribution is -0.141. The van der Waals surface area contributed by atoms with Crippen LogP contribution in [0.2, 0.25) is 0 Å². The molecule has 0 radical (unpaired) electrons. The molecule has 0 aliphatic carbocycles. The molecular weight excluding hydrogens is 188 g/mol. The standard InChI is InChI=1S/C13H24O2/c1-3-4-5-6-7-8-9-10-11-12-15-13(2)14/h8-9H,3-7,10-12H2,1-2H3/b9-8-. The lowest BCUT2D eigenvalue weighted by atomic mass is 10.1. The van der Waals surface area contributed by atoms with Crippen LogP contribution in [0.5, 0.6) is 0 Å². The molecule has 0 atom stereocenters. The van der Waals surface area contributed by atoms with Gasteiger partial charge in [-0.05, 0) is 25.7 Å². The van der Waals surface area contributed by atoms with Crippen LogP contribution in [0.1, 0.15) is 58.8 Å². The molecule has 0 unspecified atom stereocenters. The number of carbonyl (C=O) groups is 1. The van der Waals surface area contributed by atoms with E-state index in [1.165, 1.54) is 39.0 Å². The van der Waals surface area contributed by atoms with Gasteiger partial charge in [-0.1, -0.05) is 38.3 Å². The van der Waals surface area contributed by atoms with Gasteiger partial charge in [-0.25, -0.2) is 0 Å². The Morgan fingerprint density at radius 3 is 2.33 bits per heavy atom. The molecular formula is C13H24O2. The van der Waals surface area contributed by atoms with Gasteiger partial charge in [0.25, 0.3) is 0 Å². The molecule has 2 nitrogen and oxygen atoms in total. The van der Waals surface area contributed by atoms with E-state index in [1.54, 1.807) is 0 Å². The van der Waals surface area contributed by atoms with Gasteiger partial charge < -0.3 is 4.74 Å². The average molecular weight is 212 g/mol. The van der Waals surface area contributed by atoms with Crippen LogP contribution in [0.25, 0.3) is 0 Å². The molecule has 0 fully saturated rings. The number of allylic oxidation sites excluding steroid dienone is 2. The van der Waals surface area contributed by atoms with Crippen LogP contribution >= 0.6 is 0 Å². The van der Waals surface area contributed by atoms with Crippen LogP contribution in [0.3, 0.4) is 0 Å². The molecule has 2 heteroatoms. The molecule has 0 aromatic carbocycles. The molecule has 0 aromatic rings. The highest BCUT2D eigenvalue weighted by atomic mass is 16.5. The summed E-state index contributed by atoms with van der Waals surface area (Å²) in [7, 11) is 0. The van der Waals surface area contributed by atoms with Crippen molar-refractivity contribution in [1.82, 2.24) is 0 Å². The summed E-state index contributed by atoms with van der Waals surface area (Å²) >= 11 is 0. The lowest BCUT2D eigenvalue weighted by Crippen LogP contribution is -1.99. The van der Waals surface area contributed by atoms with Gasteiger partial charge in [0.05, 0.1) is 6.61 Å². The van der Waals surface area contributed by atoms with Crippen molar-refractivity contribution in [3.8, 4) is 0 Å². The van der Waals surface area contributed by atoms with Crippen LogP contribution in [-0.4, -0.2) is 12.6 Å². The normalized spacial score (nSPS) is 10.8. The zero-order valence-electron chi connectivity index (χ0n) is 10.1. The van der Waals surface area contributed by atoms with Crippen LogP contribution in [0, 0.1) is 0 Å². The molecule has 0 aliphatic heterocycles. The summed E-state index contributed by atoms with van der Waals surface area (Å²) in [6.07, 6.45) is 12.9. The highest BCUT2D eigenvalue weighted by molar-refractivity contribution is 5.65. The van der Waals surface area contributed by atoms with E-state index in [2.05, 4.69) is 19.1 Å². The summed E-state index contributed by atoms with van der Waals surface area (Å²) in [5.41, 5.74) is 0. The van der Waals surface area contributed by atoms with Gasteiger partial charge in [0.2, 0.25) is 0 Å². The molecule has 0 amide bonds. The monoisotopic (exact) mass is 212 g/mol. The van der Waals surface area contributed by atoms with E-state index in [9.17, 15) is 4.79 Å². The second-order valence-corrected chi connectivity index (χ2v) is 3.80. The second kappa shape index (κ2) is 11.3. The zero-order chi connectivity index (χ0) is 11.4. The molecule has 0 heterocycles. The van der Waals surface area contributed by atoms with Gasteiger partial charge in [0.15, 0.2) is 0 Å². The van der Waals surface area contributed by atoms with Gasteiger partial charge in [-0.15, -0.1) is 0 Å². The molecule has 0 spiro atoms. The molecule has 0 bridgehead atoms. The van der Waals surface area contributed by atoms with E-state index in [0.29, 0.717) is 6.61 Å². The molecule has 0 N–H and O–H groups in total. The maximum Gasteiger partial charge on any atom is 0.302 e. The molecule has 15 heavy (non-hydrogen) atoms. The van der Waals surface area contributed by atoms with E-state index in [4.69, 9.17) is 4.74 Å². The number of ether oxygens (including phenoxy) is 1. The maximum atomic E-state index is 10.4. The average Bonchev–Trinajstić information content (AvgIpc) is 2.20. The Balaban J connectivity index is 3.07. The minimum absolute atomic E-state index is 0.182. The molecule has 0 aromatic heterocycles. The van der Waals surface area contributed by atoms with E-state index in [1.807, 2.05) is 0 Å². The lowest BCUT2D eigenvalue weighted by Gasteiger charge is -1.98. The molecule has 0 saturated carbocycles. The molecule has 0 aliphatic rings. The van der Waals surface area contributed by atoms with E-state index >= 15 is 0 Å². The zero-order valence-corrected chi connectivity index (χ0v) is 10.1. The van der Waals surface area contributed by atoms with Crippen LogP contribution in [-0.2, 0) is 9.53 Å². The van der Waals surface area contributed by atoms with Crippen molar-refractivity contribution in [3.63, 3.8) is 0 Å². The number of rotatable bonds is 9. The second-order valence-electron chi connectivity index (χ2n) is 3.80. The van der Waals surface area contributed by atoms with Gasteiger partial charge in [-0.2, -0.15) is 0 Å². The van der Waals surface area contributed by atoms with Gasteiger partial charge in [-0.3, -0.25) is 4.79 Å². The first-order valence-corrected chi connectivity index (χ1v) is 6.05. The first-order valence-electron chi connectivity index (χ1n) is 6.05. The predicted octanol–water partition coefficient (Wildman–Crippen LogP) is 3.86. The van der Waals surface area contributed by atoms with Crippen LogP contribution in [0.4, 0.5) is 0 Å². The van der Waals surface area contributed by atoms with Gasteiger partial charge in [0.1, 0.15) is 0 Å². The van der Waals surface area contributed by atoms with E-state index in [0.717, 1.165) is 12.8 Å². The Hall–Kier alpha value is -0.790. The summed E-state index contributed by atoms with van der Waals surface area (Å²) in [5.74, 6) is -0.182. The highest BCUT2D eigenvalue weighted by Gasteiger charge is 1.90. The maximum absolute atomic E-state index is 10.4. The molecule has 0 saturated heterocycles. The Bertz CT molecular complexity index is 173. The third-order valence-corrected chi connectivity index (χ3v) is 2.21. The Labute approximate surface area is 93.7 Å². The third kappa shape index (κ3) is 13.2. The van der Waals surface area contributed by atoms with Crippen molar-refractivity contribution in [2.24, 2.45) is 0 Å². The summed E-state index contributed by atoms with van der Waals surface area (Å²) in [5, 5.41) is 0. The minimum Gasteiger partial charge on any atom is -0.466 e.